The largest absolute Gasteiger partial charge is 0.356 e. The summed E-state index contributed by atoms with van der Waals surface area (Å²) in [6.07, 6.45) is 4.99. The molecule has 3 aromatic heterocycles. The summed E-state index contributed by atoms with van der Waals surface area (Å²) in [6, 6.07) is 1.13. The first kappa shape index (κ1) is 30.5. The summed E-state index contributed by atoms with van der Waals surface area (Å²) in [5.74, 6) is -1.89. The van der Waals surface area contributed by atoms with Crippen LogP contribution in [0.4, 0.5) is 17.3 Å². The molecular weight excluding hydrogens is 538 g/mol. The number of nitrogens with zero attached hydrogens (tertiary/aromatic N) is 7. The van der Waals surface area contributed by atoms with E-state index < -0.39 is 22.6 Å². The molecule has 0 aromatic carbocycles. The first-order valence-corrected chi connectivity index (χ1v) is 12.6. The van der Waals surface area contributed by atoms with Crippen LogP contribution in [0.1, 0.15) is 44.6 Å². The normalized spacial score (nSPS) is 10.9. The third-order valence-corrected chi connectivity index (χ3v) is 5.82. The highest BCUT2D eigenvalue weighted by atomic mass is 16.6. The Kier molecular flexibility index (Phi) is 9.91. The summed E-state index contributed by atoms with van der Waals surface area (Å²) >= 11 is 0. The number of aromatic nitrogens is 5. The van der Waals surface area contributed by atoms with Crippen LogP contribution >= 0.6 is 0 Å². The summed E-state index contributed by atoms with van der Waals surface area (Å²) in [5.41, 5.74) is -0.202. The SMILES string of the molecule is CN(C)CCCNC(=O)CCNC(=O)c1nc(NC(=O)c2nc(NC(=O)c3cc([N+](=O)[O-])cn3C)cn2C)cn1C. The van der Waals surface area contributed by atoms with E-state index in [2.05, 4.69) is 31.2 Å². The van der Waals surface area contributed by atoms with Crippen LogP contribution in [-0.4, -0.2) is 90.9 Å². The zero-order chi connectivity index (χ0) is 30.3. The molecule has 3 rings (SSSR count). The number of carbonyl (C=O) groups is 4. The highest BCUT2D eigenvalue weighted by Gasteiger charge is 2.22. The van der Waals surface area contributed by atoms with Gasteiger partial charge in [0.2, 0.25) is 17.6 Å². The molecule has 0 bridgehead atoms. The van der Waals surface area contributed by atoms with Crippen LogP contribution < -0.4 is 21.3 Å². The van der Waals surface area contributed by atoms with E-state index in [0.717, 1.165) is 19.0 Å². The molecule has 0 aliphatic carbocycles. The lowest BCUT2D eigenvalue weighted by Gasteiger charge is -2.10. The highest BCUT2D eigenvalue weighted by molar-refractivity contribution is 6.05. The molecule has 0 unspecified atom stereocenters. The third-order valence-electron chi connectivity index (χ3n) is 5.82. The fourth-order valence-corrected chi connectivity index (χ4v) is 3.78. The first-order chi connectivity index (χ1) is 19.3. The lowest BCUT2D eigenvalue weighted by atomic mass is 10.3. The van der Waals surface area contributed by atoms with Crippen molar-refractivity contribution in [2.45, 2.75) is 12.8 Å². The molecule has 41 heavy (non-hydrogen) atoms. The molecule has 4 amide bonds. The topological polar surface area (TPSA) is 203 Å². The van der Waals surface area contributed by atoms with E-state index in [9.17, 15) is 29.3 Å². The van der Waals surface area contributed by atoms with Crippen molar-refractivity contribution >= 4 is 41.0 Å². The molecule has 0 radical (unpaired) electrons. The Morgan fingerprint density at radius 1 is 0.854 bits per heavy atom. The Balaban J connectivity index is 1.54. The molecule has 17 heteroatoms. The van der Waals surface area contributed by atoms with E-state index in [4.69, 9.17) is 0 Å². The third kappa shape index (κ3) is 8.21. The van der Waals surface area contributed by atoms with Gasteiger partial charge in [-0.2, -0.15) is 0 Å². The number of hydrogen-bond acceptors (Lipinski definition) is 9. The second-order valence-corrected chi connectivity index (χ2v) is 9.49. The fourth-order valence-electron chi connectivity index (χ4n) is 3.78. The maximum Gasteiger partial charge on any atom is 0.292 e. The molecule has 3 heterocycles. The lowest BCUT2D eigenvalue weighted by molar-refractivity contribution is -0.384. The van der Waals surface area contributed by atoms with Gasteiger partial charge in [-0.15, -0.1) is 0 Å². The number of carbonyl (C=O) groups excluding carboxylic acids is 4. The fraction of sp³-hybridized carbons (Fsp3) is 0.417. The molecule has 0 saturated heterocycles. The minimum absolute atomic E-state index is 0.0242. The second kappa shape index (κ2) is 13.3. The molecule has 0 aliphatic rings. The standard InChI is InChI=1S/C24H33N11O6/c1-31(2)10-6-8-25-19(36)7-9-26-23(38)20-27-18(14-33(20)4)30-24(39)21-28-17(13-34(21)5)29-22(37)16-11-15(35(40)41)12-32(16)3/h11-14H,6-10H2,1-5H3,(H,25,36)(H,26,38)(H,29,37)(H,30,39). The molecule has 220 valence electrons. The van der Waals surface area contributed by atoms with E-state index in [-0.39, 0.29) is 53.5 Å². The van der Waals surface area contributed by atoms with Gasteiger partial charge in [-0.3, -0.25) is 29.3 Å². The number of rotatable bonds is 13. The van der Waals surface area contributed by atoms with Gasteiger partial charge in [-0.25, -0.2) is 9.97 Å². The van der Waals surface area contributed by atoms with Gasteiger partial charge in [-0.05, 0) is 27.1 Å². The predicted octanol–water partition coefficient (Wildman–Crippen LogP) is 0.0927. The Morgan fingerprint density at radius 2 is 1.44 bits per heavy atom. The summed E-state index contributed by atoms with van der Waals surface area (Å²) in [5, 5.41) is 21.5. The van der Waals surface area contributed by atoms with E-state index in [1.807, 2.05) is 19.0 Å². The second-order valence-electron chi connectivity index (χ2n) is 9.49. The molecule has 3 aromatic rings. The Hall–Kier alpha value is -5.06. The van der Waals surface area contributed by atoms with Gasteiger partial charge in [-0.1, -0.05) is 0 Å². The average Bonchev–Trinajstić information content (AvgIpc) is 3.57. The monoisotopic (exact) mass is 571 g/mol. The molecule has 4 N–H and O–H groups in total. The average molecular weight is 572 g/mol. The van der Waals surface area contributed by atoms with E-state index >= 15 is 0 Å². The van der Waals surface area contributed by atoms with E-state index in [1.54, 1.807) is 14.1 Å². The molecule has 0 saturated carbocycles. The van der Waals surface area contributed by atoms with E-state index in [1.165, 1.54) is 39.3 Å². The predicted molar refractivity (Wildman–Crippen MR) is 148 cm³/mol. The van der Waals surface area contributed by atoms with Crippen molar-refractivity contribution in [2.24, 2.45) is 21.1 Å². The summed E-state index contributed by atoms with van der Waals surface area (Å²) in [7, 11) is 8.52. The number of nitrogens with one attached hydrogen (secondary N) is 4. The van der Waals surface area contributed by atoms with Crippen LogP contribution in [0.3, 0.4) is 0 Å². The van der Waals surface area contributed by atoms with Crippen molar-refractivity contribution in [3.05, 3.63) is 52.1 Å². The zero-order valence-corrected chi connectivity index (χ0v) is 23.4. The number of aryl methyl sites for hydroxylation is 3. The molecule has 0 atom stereocenters. The van der Waals surface area contributed by atoms with Gasteiger partial charge in [0.1, 0.15) is 5.69 Å². The zero-order valence-electron chi connectivity index (χ0n) is 23.4. The summed E-state index contributed by atoms with van der Waals surface area (Å²) in [4.78, 5) is 70.5. The van der Waals surface area contributed by atoms with Crippen molar-refractivity contribution in [2.75, 3.05) is 44.4 Å². The van der Waals surface area contributed by atoms with Gasteiger partial charge in [0.05, 0.1) is 11.1 Å². The molecule has 0 fully saturated rings. The van der Waals surface area contributed by atoms with Gasteiger partial charge >= 0.3 is 0 Å². The Labute approximate surface area is 235 Å². The van der Waals surface area contributed by atoms with Gasteiger partial charge in [0, 0.05) is 59.1 Å². The lowest BCUT2D eigenvalue weighted by Crippen LogP contribution is -2.32. The van der Waals surface area contributed by atoms with Crippen LogP contribution in [0.15, 0.2) is 24.7 Å². The van der Waals surface area contributed by atoms with Crippen LogP contribution in [0.5, 0.6) is 0 Å². The highest BCUT2D eigenvalue weighted by Crippen LogP contribution is 2.17. The van der Waals surface area contributed by atoms with Crippen molar-refractivity contribution in [1.82, 2.24) is 39.2 Å². The minimum atomic E-state index is -0.654. The quantitative estimate of drug-likeness (QED) is 0.125. The number of nitro groups is 1. The van der Waals surface area contributed by atoms with Crippen molar-refractivity contribution in [3.63, 3.8) is 0 Å². The number of hydrogen-bond donors (Lipinski definition) is 4. The van der Waals surface area contributed by atoms with Crippen LogP contribution in [-0.2, 0) is 25.9 Å². The van der Waals surface area contributed by atoms with Crippen molar-refractivity contribution < 1.29 is 24.1 Å². The van der Waals surface area contributed by atoms with Crippen molar-refractivity contribution in [1.29, 1.82) is 0 Å². The molecule has 0 spiro atoms. The van der Waals surface area contributed by atoms with Crippen molar-refractivity contribution in [3.8, 4) is 0 Å². The Morgan fingerprint density at radius 3 is 2.00 bits per heavy atom. The van der Waals surface area contributed by atoms with Crippen LogP contribution in [0, 0.1) is 10.1 Å². The van der Waals surface area contributed by atoms with Gasteiger partial charge < -0.3 is 39.9 Å². The molecular formula is C24H33N11O6. The number of imidazole rings is 2. The molecule has 17 nitrogen and oxygen atoms in total. The molecule has 0 aliphatic heterocycles. The summed E-state index contributed by atoms with van der Waals surface area (Å²) in [6.45, 7) is 1.52. The van der Waals surface area contributed by atoms with Gasteiger partial charge in [0.25, 0.3) is 23.4 Å². The van der Waals surface area contributed by atoms with E-state index in [0.29, 0.717) is 6.54 Å². The minimum Gasteiger partial charge on any atom is -0.356 e. The number of anilines is 2. The Bertz CT molecular complexity index is 1450. The first-order valence-electron chi connectivity index (χ1n) is 12.6. The maximum absolute atomic E-state index is 12.8. The van der Waals surface area contributed by atoms with Crippen LogP contribution in [0.2, 0.25) is 0 Å². The van der Waals surface area contributed by atoms with Gasteiger partial charge in [0.15, 0.2) is 11.6 Å². The smallest absolute Gasteiger partial charge is 0.292 e. The number of amides is 4. The van der Waals surface area contributed by atoms with Crippen LogP contribution in [0.25, 0.3) is 0 Å². The maximum atomic E-state index is 12.8. The summed E-state index contributed by atoms with van der Waals surface area (Å²) < 4.78 is 4.11.